The average molecular weight is 276 g/mol. The van der Waals surface area contributed by atoms with E-state index in [9.17, 15) is 0 Å². The minimum atomic E-state index is -0.0580. The summed E-state index contributed by atoms with van der Waals surface area (Å²) in [7, 11) is 0. The van der Waals surface area contributed by atoms with Gasteiger partial charge in [-0.3, -0.25) is 0 Å². The fraction of sp³-hybridized carbons (Fsp3) is 0.143. The van der Waals surface area contributed by atoms with E-state index in [0.717, 1.165) is 15.6 Å². The van der Waals surface area contributed by atoms with E-state index in [1.165, 1.54) is 5.56 Å². The molecule has 1 atom stereocenters. The van der Waals surface area contributed by atoms with Crippen LogP contribution in [-0.2, 0) is 0 Å². The molecule has 0 fully saturated rings. The Kier molecular flexibility index (Phi) is 3.42. The summed E-state index contributed by atoms with van der Waals surface area (Å²) in [5.74, 6) is 0. The normalized spacial score (nSPS) is 12.4. The van der Waals surface area contributed by atoms with Gasteiger partial charge in [0.1, 0.15) is 0 Å². The Morgan fingerprint density at radius 2 is 1.62 bits per heavy atom. The summed E-state index contributed by atoms with van der Waals surface area (Å²) < 4.78 is 1.06. The third-order valence-corrected chi connectivity index (χ3v) is 3.10. The molecule has 1 nitrogen and oxygen atoms in total. The second-order valence-electron chi connectivity index (χ2n) is 3.95. The van der Waals surface area contributed by atoms with Crippen molar-refractivity contribution in [1.29, 1.82) is 0 Å². The lowest BCUT2D eigenvalue weighted by Crippen LogP contribution is -2.11. The van der Waals surface area contributed by atoms with E-state index in [-0.39, 0.29) is 6.04 Å². The number of hydrogen-bond acceptors (Lipinski definition) is 1. The molecule has 82 valence electrons. The Labute approximate surface area is 104 Å². The van der Waals surface area contributed by atoms with Gasteiger partial charge in [0, 0.05) is 4.47 Å². The molecular weight excluding hydrogens is 262 g/mol. The molecule has 2 heteroatoms. The van der Waals surface area contributed by atoms with E-state index in [0.29, 0.717) is 0 Å². The molecule has 0 heterocycles. The van der Waals surface area contributed by atoms with Crippen LogP contribution < -0.4 is 5.73 Å². The summed E-state index contributed by atoms with van der Waals surface area (Å²) in [4.78, 5) is 0. The SMILES string of the molecule is Cc1cccc(C(N)c2cccc(Br)c2)c1. The summed E-state index contributed by atoms with van der Waals surface area (Å²) in [6.07, 6.45) is 0. The van der Waals surface area contributed by atoms with Crippen LogP contribution in [0.4, 0.5) is 0 Å². The molecule has 0 aliphatic carbocycles. The molecule has 0 aromatic heterocycles. The van der Waals surface area contributed by atoms with Crippen molar-refractivity contribution in [3.63, 3.8) is 0 Å². The first-order chi connectivity index (χ1) is 7.66. The average Bonchev–Trinajstić information content (AvgIpc) is 2.28. The number of rotatable bonds is 2. The first-order valence-electron chi connectivity index (χ1n) is 5.24. The number of nitrogens with two attached hydrogens (primary N) is 1. The molecule has 0 bridgehead atoms. The predicted molar refractivity (Wildman–Crippen MR) is 71.4 cm³/mol. The molecule has 2 N–H and O–H groups in total. The fourth-order valence-corrected chi connectivity index (χ4v) is 2.17. The zero-order chi connectivity index (χ0) is 11.5. The first-order valence-corrected chi connectivity index (χ1v) is 6.04. The van der Waals surface area contributed by atoms with Gasteiger partial charge in [-0.1, -0.05) is 57.9 Å². The Bertz CT molecular complexity index is 448. The van der Waals surface area contributed by atoms with Crippen LogP contribution in [0.15, 0.2) is 53.0 Å². The van der Waals surface area contributed by atoms with Crippen molar-refractivity contribution in [3.05, 3.63) is 69.7 Å². The standard InChI is InChI=1S/C14H14BrN/c1-10-4-2-5-11(8-10)14(16)12-6-3-7-13(15)9-12/h2-9,14H,16H2,1H3. The number of aryl methyl sites for hydroxylation is 1. The molecule has 0 spiro atoms. The van der Waals surface area contributed by atoms with Crippen LogP contribution in [0.3, 0.4) is 0 Å². The Morgan fingerprint density at radius 3 is 2.25 bits per heavy atom. The van der Waals surface area contributed by atoms with Crippen LogP contribution in [-0.4, -0.2) is 0 Å². The fourth-order valence-electron chi connectivity index (χ4n) is 1.76. The largest absolute Gasteiger partial charge is 0.320 e. The number of benzene rings is 2. The Morgan fingerprint density at radius 1 is 1.00 bits per heavy atom. The van der Waals surface area contributed by atoms with Crippen LogP contribution in [0, 0.1) is 6.92 Å². The second kappa shape index (κ2) is 4.81. The van der Waals surface area contributed by atoms with Crippen LogP contribution >= 0.6 is 15.9 Å². The highest BCUT2D eigenvalue weighted by molar-refractivity contribution is 9.10. The van der Waals surface area contributed by atoms with Crippen molar-refractivity contribution >= 4 is 15.9 Å². The molecule has 0 aliphatic heterocycles. The van der Waals surface area contributed by atoms with Gasteiger partial charge < -0.3 is 5.73 Å². The van der Waals surface area contributed by atoms with Crippen molar-refractivity contribution in [2.75, 3.05) is 0 Å². The summed E-state index contributed by atoms with van der Waals surface area (Å²) in [6.45, 7) is 2.08. The molecule has 0 amide bonds. The van der Waals surface area contributed by atoms with Crippen molar-refractivity contribution in [2.45, 2.75) is 13.0 Å². The molecule has 2 rings (SSSR count). The summed E-state index contributed by atoms with van der Waals surface area (Å²) in [5.41, 5.74) is 9.75. The third-order valence-electron chi connectivity index (χ3n) is 2.61. The van der Waals surface area contributed by atoms with Crippen LogP contribution in [0.2, 0.25) is 0 Å². The van der Waals surface area contributed by atoms with Crippen molar-refractivity contribution < 1.29 is 0 Å². The van der Waals surface area contributed by atoms with Gasteiger partial charge in [-0.05, 0) is 30.2 Å². The van der Waals surface area contributed by atoms with Gasteiger partial charge in [-0.15, -0.1) is 0 Å². The molecule has 0 saturated carbocycles. The number of hydrogen-bond donors (Lipinski definition) is 1. The first kappa shape index (κ1) is 11.4. The van der Waals surface area contributed by atoms with Crippen LogP contribution in [0.1, 0.15) is 22.7 Å². The molecule has 16 heavy (non-hydrogen) atoms. The highest BCUT2D eigenvalue weighted by Crippen LogP contribution is 2.22. The lowest BCUT2D eigenvalue weighted by molar-refractivity contribution is 0.869. The smallest absolute Gasteiger partial charge is 0.0552 e. The second-order valence-corrected chi connectivity index (χ2v) is 4.86. The summed E-state index contributed by atoms with van der Waals surface area (Å²) >= 11 is 3.46. The molecule has 1 unspecified atom stereocenters. The molecule has 0 saturated heterocycles. The van der Waals surface area contributed by atoms with Crippen LogP contribution in [0.5, 0.6) is 0 Å². The van der Waals surface area contributed by atoms with Crippen molar-refractivity contribution in [2.24, 2.45) is 5.73 Å². The monoisotopic (exact) mass is 275 g/mol. The molecule has 0 aliphatic rings. The van der Waals surface area contributed by atoms with E-state index < -0.39 is 0 Å². The van der Waals surface area contributed by atoms with E-state index in [1.807, 2.05) is 18.2 Å². The van der Waals surface area contributed by atoms with Gasteiger partial charge in [0.05, 0.1) is 6.04 Å². The maximum Gasteiger partial charge on any atom is 0.0552 e. The van der Waals surface area contributed by atoms with Gasteiger partial charge in [0.25, 0.3) is 0 Å². The molecule has 2 aromatic rings. The Balaban J connectivity index is 2.35. The van der Waals surface area contributed by atoms with E-state index in [2.05, 4.69) is 53.2 Å². The lowest BCUT2D eigenvalue weighted by atomic mass is 9.98. The molecular formula is C14H14BrN. The van der Waals surface area contributed by atoms with Gasteiger partial charge in [-0.25, -0.2) is 0 Å². The lowest BCUT2D eigenvalue weighted by Gasteiger charge is -2.13. The van der Waals surface area contributed by atoms with Crippen molar-refractivity contribution in [1.82, 2.24) is 0 Å². The number of halogens is 1. The quantitative estimate of drug-likeness (QED) is 0.887. The van der Waals surface area contributed by atoms with Gasteiger partial charge in [0.15, 0.2) is 0 Å². The minimum Gasteiger partial charge on any atom is -0.320 e. The predicted octanol–water partition coefficient (Wildman–Crippen LogP) is 3.81. The van der Waals surface area contributed by atoms with E-state index in [4.69, 9.17) is 5.73 Å². The van der Waals surface area contributed by atoms with E-state index in [1.54, 1.807) is 0 Å². The zero-order valence-corrected chi connectivity index (χ0v) is 10.7. The highest BCUT2D eigenvalue weighted by atomic mass is 79.9. The van der Waals surface area contributed by atoms with Gasteiger partial charge in [0.2, 0.25) is 0 Å². The maximum absolute atomic E-state index is 6.23. The molecule has 0 radical (unpaired) electrons. The minimum absolute atomic E-state index is 0.0580. The summed E-state index contributed by atoms with van der Waals surface area (Å²) in [5, 5.41) is 0. The highest BCUT2D eigenvalue weighted by Gasteiger charge is 2.08. The van der Waals surface area contributed by atoms with E-state index >= 15 is 0 Å². The van der Waals surface area contributed by atoms with Gasteiger partial charge >= 0.3 is 0 Å². The third kappa shape index (κ3) is 2.52. The zero-order valence-electron chi connectivity index (χ0n) is 9.15. The summed E-state index contributed by atoms with van der Waals surface area (Å²) in [6, 6.07) is 16.4. The Hall–Kier alpha value is -1.12. The van der Waals surface area contributed by atoms with Crippen molar-refractivity contribution in [3.8, 4) is 0 Å². The maximum atomic E-state index is 6.23. The van der Waals surface area contributed by atoms with Crippen LogP contribution in [0.25, 0.3) is 0 Å². The van der Waals surface area contributed by atoms with Gasteiger partial charge in [-0.2, -0.15) is 0 Å². The molecule has 2 aromatic carbocycles. The topological polar surface area (TPSA) is 26.0 Å².